The van der Waals surface area contributed by atoms with Gasteiger partial charge in [-0.15, -0.1) is 0 Å². The number of rotatable bonds is 6. The summed E-state index contributed by atoms with van der Waals surface area (Å²) in [6, 6.07) is 11.6. The molecule has 0 saturated carbocycles. The fourth-order valence-corrected chi connectivity index (χ4v) is 3.78. The van der Waals surface area contributed by atoms with Gasteiger partial charge in [-0.3, -0.25) is 4.18 Å². The van der Waals surface area contributed by atoms with Crippen LogP contribution in [0.25, 0.3) is 0 Å². The molecule has 9 nitrogen and oxygen atoms in total. The molecule has 3 rings (SSSR count). The van der Waals surface area contributed by atoms with E-state index in [1.165, 1.54) is 0 Å². The standard InChI is InChI=1S/C15H20O6.C10H14O3S/c1-2-19-15(16)12-3-4-13-14(11-12)21-10-8-18-6-5-17-7-9-20-13;1-3-8-13-14(11,12)10-6-4-9(2)5-7-10/h3-4,11H,2,5-10H2,1H3;4-7H,3,8H2,1-2H3. The van der Waals surface area contributed by atoms with E-state index >= 15 is 0 Å². The molecule has 35 heavy (non-hydrogen) atoms. The highest BCUT2D eigenvalue weighted by Crippen LogP contribution is 2.29. The molecule has 194 valence electrons. The Morgan fingerprint density at radius 2 is 1.46 bits per heavy atom. The maximum Gasteiger partial charge on any atom is 0.338 e. The van der Waals surface area contributed by atoms with E-state index in [4.69, 9.17) is 27.9 Å². The van der Waals surface area contributed by atoms with Gasteiger partial charge >= 0.3 is 5.97 Å². The van der Waals surface area contributed by atoms with Crippen molar-refractivity contribution in [1.29, 1.82) is 0 Å². The maximum absolute atomic E-state index is 11.7. The lowest BCUT2D eigenvalue weighted by Crippen LogP contribution is -2.16. The molecule has 0 fully saturated rings. The van der Waals surface area contributed by atoms with Crippen LogP contribution >= 0.6 is 0 Å². The molecule has 0 aliphatic carbocycles. The van der Waals surface area contributed by atoms with Crippen molar-refractivity contribution in [2.75, 3.05) is 52.9 Å². The Morgan fingerprint density at radius 1 is 0.857 bits per heavy atom. The third kappa shape index (κ3) is 10.2. The molecule has 0 N–H and O–H groups in total. The second-order valence-electron chi connectivity index (χ2n) is 7.39. The molecule has 1 heterocycles. The van der Waals surface area contributed by atoms with E-state index in [1.54, 1.807) is 49.4 Å². The highest BCUT2D eigenvalue weighted by atomic mass is 32.2. The molecule has 1 aliphatic rings. The topological polar surface area (TPSA) is 107 Å². The summed E-state index contributed by atoms with van der Waals surface area (Å²) in [5.41, 5.74) is 1.46. The van der Waals surface area contributed by atoms with E-state index in [-0.39, 0.29) is 17.5 Å². The van der Waals surface area contributed by atoms with Crippen molar-refractivity contribution in [1.82, 2.24) is 0 Å². The monoisotopic (exact) mass is 510 g/mol. The lowest BCUT2D eigenvalue weighted by Gasteiger charge is -2.15. The second kappa shape index (κ2) is 15.4. The van der Waals surface area contributed by atoms with Gasteiger partial charge < -0.3 is 23.7 Å². The molecule has 2 aromatic rings. The van der Waals surface area contributed by atoms with Gasteiger partial charge in [0.2, 0.25) is 0 Å². The average molecular weight is 511 g/mol. The average Bonchev–Trinajstić information content (AvgIpc) is 2.84. The lowest BCUT2D eigenvalue weighted by atomic mass is 10.2. The van der Waals surface area contributed by atoms with Gasteiger partial charge in [0, 0.05) is 0 Å². The summed E-state index contributed by atoms with van der Waals surface area (Å²) >= 11 is 0. The van der Waals surface area contributed by atoms with E-state index in [1.807, 2.05) is 13.8 Å². The Hall–Kier alpha value is -2.66. The van der Waals surface area contributed by atoms with E-state index in [9.17, 15) is 13.2 Å². The Morgan fingerprint density at radius 3 is 2.06 bits per heavy atom. The van der Waals surface area contributed by atoms with Crippen LogP contribution < -0.4 is 9.47 Å². The number of carbonyl (C=O) groups is 1. The summed E-state index contributed by atoms with van der Waals surface area (Å²) < 4.78 is 54.7. The Balaban J connectivity index is 0.000000269. The summed E-state index contributed by atoms with van der Waals surface area (Å²) in [7, 11) is -3.54. The van der Waals surface area contributed by atoms with Crippen LogP contribution in [0.2, 0.25) is 0 Å². The lowest BCUT2D eigenvalue weighted by molar-refractivity contribution is 0.0223. The highest BCUT2D eigenvalue weighted by molar-refractivity contribution is 7.86. The number of carbonyl (C=O) groups excluding carboxylic acids is 1. The predicted octanol–water partition coefficient (Wildman–Crippen LogP) is 3.78. The number of fused-ring (bicyclic) bond motifs is 1. The molecule has 0 amide bonds. The molecule has 0 radical (unpaired) electrons. The third-order valence-electron chi connectivity index (χ3n) is 4.55. The molecule has 0 bridgehead atoms. The molecule has 0 unspecified atom stereocenters. The zero-order valence-corrected chi connectivity index (χ0v) is 21.3. The molecule has 0 spiro atoms. The molecule has 0 aromatic heterocycles. The number of esters is 1. The van der Waals surface area contributed by atoms with Gasteiger partial charge in [0.1, 0.15) is 13.2 Å². The predicted molar refractivity (Wildman–Crippen MR) is 130 cm³/mol. The zero-order valence-electron chi connectivity index (χ0n) is 20.5. The summed E-state index contributed by atoms with van der Waals surface area (Å²) in [6.07, 6.45) is 0.686. The van der Waals surface area contributed by atoms with Gasteiger partial charge in [-0.05, 0) is 50.6 Å². The van der Waals surface area contributed by atoms with Gasteiger partial charge in [-0.2, -0.15) is 8.42 Å². The molecule has 10 heteroatoms. The number of aryl methyl sites for hydroxylation is 1. The largest absolute Gasteiger partial charge is 0.487 e. The zero-order chi connectivity index (χ0) is 25.5. The SMILES string of the molecule is CCCOS(=O)(=O)c1ccc(C)cc1.CCOC(=O)c1ccc2c(c1)OCCOCCOCCO2. The summed E-state index contributed by atoms with van der Waals surface area (Å²) in [4.78, 5) is 12.0. The van der Waals surface area contributed by atoms with Crippen molar-refractivity contribution < 1.29 is 41.1 Å². The van der Waals surface area contributed by atoms with Crippen molar-refractivity contribution >= 4 is 16.1 Å². The Bertz CT molecular complexity index is 1000. The fourth-order valence-electron chi connectivity index (χ4n) is 2.79. The molecule has 0 atom stereocenters. The smallest absolute Gasteiger partial charge is 0.338 e. The number of hydrogen-bond donors (Lipinski definition) is 0. The first-order chi connectivity index (χ1) is 16.9. The van der Waals surface area contributed by atoms with Crippen molar-refractivity contribution in [2.24, 2.45) is 0 Å². The van der Waals surface area contributed by atoms with E-state index < -0.39 is 10.1 Å². The number of ether oxygens (including phenoxy) is 5. The first-order valence-electron chi connectivity index (χ1n) is 11.6. The van der Waals surface area contributed by atoms with Crippen LogP contribution in [0.3, 0.4) is 0 Å². The normalized spacial score (nSPS) is 14.5. The minimum atomic E-state index is -3.54. The fraction of sp³-hybridized carbons (Fsp3) is 0.480. The molecular formula is C25H34O9S. The van der Waals surface area contributed by atoms with Crippen LogP contribution in [0.15, 0.2) is 47.4 Å². The third-order valence-corrected chi connectivity index (χ3v) is 5.88. The molecular weight excluding hydrogens is 476 g/mol. The first kappa shape index (κ1) is 28.6. The number of benzene rings is 2. The van der Waals surface area contributed by atoms with Crippen LogP contribution in [0.5, 0.6) is 11.5 Å². The van der Waals surface area contributed by atoms with Gasteiger partial charge in [-0.25, -0.2) is 4.79 Å². The quantitative estimate of drug-likeness (QED) is 0.424. The molecule has 2 aromatic carbocycles. The van der Waals surface area contributed by atoms with Crippen LogP contribution in [0, 0.1) is 6.92 Å². The van der Waals surface area contributed by atoms with Crippen molar-refractivity contribution in [2.45, 2.75) is 32.1 Å². The van der Waals surface area contributed by atoms with Crippen LogP contribution in [0.1, 0.15) is 36.2 Å². The highest BCUT2D eigenvalue weighted by Gasteiger charge is 2.14. The van der Waals surface area contributed by atoms with Crippen LogP contribution in [-0.2, 0) is 28.5 Å². The van der Waals surface area contributed by atoms with Crippen LogP contribution in [-0.4, -0.2) is 67.2 Å². The second-order valence-corrected chi connectivity index (χ2v) is 9.01. The minimum absolute atomic E-state index is 0.219. The van der Waals surface area contributed by atoms with Crippen molar-refractivity contribution in [3.05, 3.63) is 53.6 Å². The summed E-state index contributed by atoms with van der Waals surface area (Å²) in [5, 5.41) is 0. The maximum atomic E-state index is 11.7. The first-order valence-corrected chi connectivity index (χ1v) is 13.0. The number of hydrogen-bond acceptors (Lipinski definition) is 9. The summed E-state index contributed by atoms with van der Waals surface area (Å²) in [5.74, 6) is 0.701. The van der Waals surface area contributed by atoms with E-state index in [2.05, 4.69) is 0 Å². The minimum Gasteiger partial charge on any atom is -0.487 e. The van der Waals surface area contributed by atoms with E-state index in [0.717, 1.165) is 5.56 Å². The molecule has 0 saturated heterocycles. The summed E-state index contributed by atoms with van der Waals surface area (Å²) in [6.45, 7) is 8.88. The van der Waals surface area contributed by atoms with E-state index in [0.29, 0.717) is 69.7 Å². The van der Waals surface area contributed by atoms with Gasteiger partial charge in [-0.1, -0.05) is 24.6 Å². The van der Waals surface area contributed by atoms with Crippen molar-refractivity contribution in [3.63, 3.8) is 0 Å². The van der Waals surface area contributed by atoms with Gasteiger partial charge in [0.25, 0.3) is 10.1 Å². The Kier molecular flexibility index (Phi) is 12.5. The van der Waals surface area contributed by atoms with Gasteiger partial charge in [0.15, 0.2) is 11.5 Å². The van der Waals surface area contributed by atoms with Crippen LogP contribution in [0.4, 0.5) is 0 Å². The Labute approximate surface area is 207 Å². The van der Waals surface area contributed by atoms with Gasteiger partial charge in [0.05, 0.1) is 50.1 Å². The van der Waals surface area contributed by atoms with Crippen molar-refractivity contribution in [3.8, 4) is 11.5 Å². The molecule has 1 aliphatic heterocycles.